The smallest absolute Gasteiger partial charge is 0.254 e. The number of rotatable bonds is 4. The minimum absolute atomic E-state index is 0.00355. The van der Waals surface area contributed by atoms with Crippen molar-refractivity contribution in [2.24, 2.45) is 0 Å². The molecule has 0 spiro atoms. The van der Waals surface area contributed by atoms with Crippen molar-refractivity contribution in [3.63, 3.8) is 0 Å². The van der Waals surface area contributed by atoms with Crippen LogP contribution in [0.15, 0.2) is 42.9 Å². The molecule has 0 bridgehead atoms. The number of benzene rings is 1. The molecule has 1 aromatic carbocycles. The second-order valence-corrected chi connectivity index (χ2v) is 8.34. The van der Waals surface area contributed by atoms with E-state index < -0.39 is 0 Å². The highest BCUT2D eigenvalue weighted by atomic mass is 19.1. The van der Waals surface area contributed by atoms with Gasteiger partial charge in [-0.2, -0.15) is 0 Å². The summed E-state index contributed by atoms with van der Waals surface area (Å²) in [7, 11) is 2.10. The van der Waals surface area contributed by atoms with E-state index in [4.69, 9.17) is 4.98 Å². The molecular formula is C23H24FN7O. The number of aromatic nitrogens is 4. The number of carbonyl (C=O) groups is 1. The molecule has 5 rings (SSSR count). The highest BCUT2D eigenvalue weighted by Crippen LogP contribution is 2.21. The Hall–Kier alpha value is -3.46. The summed E-state index contributed by atoms with van der Waals surface area (Å²) in [4.78, 5) is 34.8. The number of carbonyl (C=O) groups excluding carboxylic acids is 1. The molecule has 1 atom stereocenters. The molecule has 0 saturated carbocycles. The van der Waals surface area contributed by atoms with Gasteiger partial charge >= 0.3 is 0 Å². The third-order valence-corrected chi connectivity index (χ3v) is 5.92. The minimum Gasteiger partial charge on any atom is -0.347 e. The van der Waals surface area contributed by atoms with Gasteiger partial charge in [0.15, 0.2) is 5.82 Å². The van der Waals surface area contributed by atoms with E-state index in [0.29, 0.717) is 23.5 Å². The van der Waals surface area contributed by atoms with Crippen molar-refractivity contribution in [1.29, 1.82) is 0 Å². The molecule has 1 saturated heterocycles. The van der Waals surface area contributed by atoms with E-state index in [1.165, 1.54) is 30.1 Å². The average Bonchev–Trinajstić information content (AvgIpc) is 3.27. The van der Waals surface area contributed by atoms with E-state index in [1.54, 1.807) is 12.1 Å². The summed E-state index contributed by atoms with van der Waals surface area (Å²) in [5, 5.41) is 3.05. The first-order valence-corrected chi connectivity index (χ1v) is 10.7. The van der Waals surface area contributed by atoms with Crippen LogP contribution in [0.3, 0.4) is 0 Å². The molecule has 1 amide bonds. The van der Waals surface area contributed by atoms with Crippen molar-refractivity contribution in [3.8, 4) is 11.4 Å². The van der Waals surface area contributed by atoms with Crippen LogP contribution >= 0.6 is 0 Å². The Kier molecular flexibility index (Phi) is 5.48. The number of nitrogens with one attached hydrogen (secondary N) is 1. The van der Waals surface area contributed by atoms with Crippen LogP contribution < -0.4 is 10.2 Å². The molecule has 9 heteroatoms. The van der Waals surface area contributed by atoms with Gasteiger partial charge in [0, 0.05) is 68.4 Å². The van der Waals surface area contributed by atoms with Gasteiger partial charge in [-0.25, -0.2) is 24.3 Å². The first-order chi connectivity index (χ1) is 15.5. The maximum atomic E-state index is 13.4. The predicted octanol–water partition coefficient (Wildman–Crippen LogP) is 2.07. The number of nitrogens with zero attached hydrogens (tertiary/aromatic N) is 6. The van der Waals surface area contributed by atoms with Gasteiger partial charge in [-0.15, -0.1) is 0 Å². The van der Waals surface area contributed by atoms with E-state index in [2.05, 4.69) is 37.1 Å². The van der Waals surface area contributed by atoms with Gasteiger partial charge in [-0.05, 0) is 25.6 Å². The number of hydrogen-bond donors (Lipinski definition) is 1. The molecule has 1 N–H and O–H groups in total. The Morgan fingerprint density at radius 2 is 2.00 bits per heavy atom. The van der Waals surface area contributed by atoms with Crippen LogP contribution in [0.4, 0.5) is 10.3 Å². The molecule has 1 fully saturated rings. The van der Waals surface area contributed by atoms with Gasteiger partial charge in [0.1, 0.15) is 5.82 Å². The molecule has 1 unspecified atom stereocenters. The Balaban J connectivity index is 1.21. The summed E-state index contributed by atoms with van der Waals surface area (Å²) >= 11 is 0. The first kappa shape index (κ1) is 20.4. The third kappa shape index (κ3) is 4.29. The molecule has 32 heavy (non-hydrogen) atoms. The Morgan fingerprint density at radius 3 is 2.81 bits per heavy atom. The molecule has 0 aliphatic carbocycles. The summed E-state index contributed by atoms with van der Waals surface area (Å²) in [6.07, 6.45) is 6.62. The lowest BCUT2D eigenvalue weighted by Crippen LogP contribution is -2.37. The van der Waals surface area contributed by atoms with Gasteiger partial charge in [-0.3, -0.25) is 4.79 Å². The molecular weight excluding hydrogens is 409 g/mol. The van der Waals surface area contributed by atoms with E-state index >= 15 is 0 Å². The maximum Gasteiger partial charge on any atom is 0.254 e. The van der Waals surface area contributed by atoms with E-state index in [1.807, 2.05) is 6.20 Å². The lowest BCUT2D eigenvalue weighted by molar-refractivity contribution is 0.0939. The Morgan fingerprint density at radius 1 is 1.16 bits per heavy atom. The summed E-state index contributed by atoms with van der Waals surface area (Å²) in [6.45, 7) is 3.34. The minimum atomic E-state index is -0.353. The molecule has 164 valence electrons. The molecule has 2 aliphatic rings. The van der Waals surface area contributed by atoms with E-state index in [9.17, 15) is 9.18 Å². The Labute approximate surface area is 185 Å². The fourth-order valence-electron chi connectivity index (χ4n) is 4.15. The standard InChI is InChI=1S/C23H24FN7O/c1-30-7-6-20-17(13-30)12-27-23(29-20)31-8-5-19(14-31)28-22(32)16-10-25-21(26-11-16)15-3-2-4-18(24)9-15/h2-4,9-12,19H,5-8,13-14H2,1H3,(H,28,32). The fourth-order valence-corrected chi connectivity index (χ4v) is 4.15. The number of anilines is 1. The lowest BCUT2D eigenvalue weighted by Gasteiger charge is -2.25. The van der Waals surface area contributed by atoms with Gasteiger partial charge in [0.2, 0.25) is 5.95 Å². The third-order valence-electron chi connectivity index (χ3n) is 5.92. The zero-order valence-electron chi connectivity index (χ0n) is 17.8. The topological polar surface area (TPSA) is 87.1 Å². The monoisotopic (exact) mass is 433 g/mol. The average molecular weight is 433 g/mol. The molecule has 4 heterocycles. The van der Waals surface area contributed by atoms with Crippen LogP contribution in [0.2, 0.25) is 0 Å². The van der Waals surface area contributed by atoms with Crippen molar-refractivity contribution in [2.75, 3.05) is 31.6 Å². The van der Waals surface area contributed by atoms with Crippen molar-refractivity contribution in [2.45, 2.75) is 25.4 Å². The van der Waals surface area contributed by atoms with Crippen LogP contribution in [0.25, 0.3) is 11.4 Å². The van der Waals surface area contributed by atoms with Crippen LogP contribution in [-0.4, -0.2) is 63.5 Å². The number of likely N-dealkylation sites (N-methyl/N-ethyl adjacent to an activating group) is 1. The summed E-state index contributed by atoms with van der Waals surface area (Å²) in [6, 6.07) is 6.06. The maximum absolute atomic E-state index is 13.4. The van der Waals surface area contributed by atoms with Crippen LogP contribution in [0.1, 0.15) is 28.0 Å². The lowest BCUT2D eigenvalue weighted by atomic mass is 10.1. The number of fused-ring (bicyclic) bond motifs is 1. The normalized spacial score (nSPS) is 18.4. The molecule has 2 aliphatic heterocycles. The van der Waals surface area contributed by atoms with Crippen LogP contribution in [0.5, 0.6) is 0 Å². The summed E-state index contributed by atoms with van der Waals surface area (Å²) < 4.78 is 13.4. The first-order valence-electron chi connectivity index (χ1n) is 10.7. The van der Waals surface area contributed by atoms with Crippen molar-refractivity contribution in [3.05, 3.63) is 65.5 Å². The largest absolute Gasteiger partial charge is 0.347 e. The van der Waals surface area contributed by atoms with Gasteiger partial charge in [0.05, 0.1) is 11.3 Å². The zero-order valence-corrected chi connectivity index (χ0v) is 17.8. The van der Waals surface area contributed by atoms with Gasteiger partial charge in [-0.1, -0.05) is 12.1 Å². The van der Waals surface area contributed by atoms with E-state index in [-0.39, 0.29) is 17.8 Å². The van der Waals surface area contributed by atoms with Crippen molar-refractivity contribution in [1.82, 2.24) is 30.2 Å². The molecule has 0 radical (unpaired) electrons. The fraction of sp³-hybridized carbons (Fsp3) is 0.348. The molecule has 8 nitrogen and oxygen atoms in total. The number of hydrogen-bond acceptors (Lipinski definition) is 7. The second-order valence-electron chi connectivity index (χ2n) is 8.34. The quantitative estimate of drug-likeness (QED) is 0.674. The highest BCUT2D eigenvalue weighted by molar-refractivity contribution is 5.94. The molecule has 2 aromatic heterocycles. The van der Waals surface area contributed by atoms with Crippen molar-refractivity contribution >= 4 is 11.9 Å². The Bertz CT molecular complexity index is 1140. The number of halogens is 1. The van der Waals surface area contributed by atoms with Gasteiger partial charge in [0.25, 0.3) is 5.91 Å². The zero-order chi connectivity index (χ0) is 22.1. The van der Waals surface area contributed by atoms with E-state index in [0.717, 1.165) is 44.1 Å². The molecule has 3 aromatic rings. The SMILES string of the molecule is CN1CCc2nc(N3CCC(NC(=O)c4cnc(-c5cccc(F)c5)nc4)C3)ncc2C1. The van der Waals surface area contributed by atoms with Crippen LogP contribution in [-0.2, 0) is 13.0 Å². The van der Waals surface area contributed by atoms with Crippen LogP contribution in [0, 0.1) is 5.82 Å². The predicted molar refractivity (Wildman–Crippen MR) is 118 cm³/mol. The van der Waals surface area contributed by atoms with Crippen molar-refractivity contribution < 1.29 is 9.18 Å². The van der Waals surface area contributed by atoms with Gasteiger partial charge < -0.3 is 15.1 Å². The second kappa shape index (κ2) is 8.58. The summed E-state index contributed by atoms with van der Waals surface area (Å²) in [5.41, 5.74) is 3.25. The number of amides is 1. The summed E-state index contributed by atoms with van der Waals surface area (Å²) in [5.74, 6) is 0.530. The highest BCUT2D eigenvalue weighted by Gasteiger charge is 2.27.